The Bertz CT molecular complexity index is 646. The molecule has 0 saturated heterocycles. The second-order valence-electron chi connectivity index (χ2n) is 4.22. The molecule has 0 aliphatic carbocycles. The highest BCUT2D eigenvalue weighted by Gasteiger charge is 2.13. The van der Waals surface area contributed by atoms with Gasteiger partial charge in [0, 0.05) is 27.3 Å². The second-order valence-corrected chi connectivity index (χ2v) is 5.71. The topological polar surface area (TPSA) is 85.0 Å². The first kappa shape index (κ1) is 15.8. The molecule has 2 rings (SSSR count). The lowest BCUT2D eigenvalue weighted by molar-refractivity contribution is -0.991. The Morgan fingerprint density at radius 2 is 1.90 bits per heavy atom. The molecule has 0 amide bonds. The molecular weight excluding hydrogens is 314 g/mol. The minimum Gasteiger partial charge on any atom is -0.595 e. The number of benzene rings is 2. The van der Waals surface area contributed by atoms with Gasteiger partial charge in [0.05, 0.1) is 5.56 Å². The van der Waals surface area contributed by atoms with E-state index in [9.17, 15) is 15.2 Å². The van der Waals surface area contributed by atoms with Crippen LogP contribution >= 0.6 is 23.4 Å². The molecule has 0 heterocycles. The maximum Gasteiger partial charge on any atom is 0.335 e. The van der Waals surface area contributed by atoms with Gasteiger partial charge in [0.25, 0.3) is 0 Å². The van der Waals surface area contributed by atoms with E-state index in [4.69, 9.17) is 16.7 Å². The lowest BCUT2D eigenvalue weighted by Gasteiger charge is -2.16. The summed E-state index contributed by atoms with van der Waals surface area (Å²) < 4.78 is 0. The van der Waals surface area contributed by atoms with Gasteiger partial charge in [0.2, 0.25) is 0 Å². The average molecular weight is 326 g/mol. The summed E-state index contributed by atoms with van der Waals surface area (Å²) in [6.45, 7) is 0. The van der Waals surface area contributed by atoms with Crippen LogP contribution in [-0.4, -0.2) is 16.3 Å². The average Bonchev–Trinajstić information content (AvgIpc) is 2.46. The van der Waals surface area contributed by atoms with Crippen LogP contribution in [0.4, 0.5) is 5.69 Å². The van der Waals surface area contributed by atoms with Crippen molar-refractivity contribution in [1.82, 2.24) is 0 Å². The number of rotatable bonds is 5. The van der Waals surface area contributed by atoms with Crippen molar-refractivity contribution in [3.05, 3.63) is 63.8 Å². The normalized spacial score (nSPS) is 12.1. The predicted octanol–water partition coefficient (Wildman–Crippen LogP) is 2.73. The molecule has 0 aromatic heterocycles. The molecule has 1 atom stereocenters. The lowest BCUT2D eigenvalue weighted by Crippen LogP contribution is -2.99. The van der Waals surface area contributed by atoms with Crippen LogP contribution in [0.15, 0.2) is 47.4 Å². The molecule has 0 radical (unpaired) electrons. The van der Waals surface area contributed by atoms with Crippen LogP contribution in [0.25, 0.3) is 0 Å². The summed E-state index contributed by atoms with van der Waals surface area (Å²) in [6, 6.07) is 11.3. The Labute approximate surface area is 130 Å². The van der Waals surface area contributed by atoms with Crippen LogP contribution in [0.2, 0.25) is 5.02 Å². The van der Waals surface area contributed by atoms with Crippen molar-refractivity contribution in [2.24, 2.45) is 0 Å². The van der Waals surface area contributed by atoms with E-state index in [0.717, 1.165) is 4.90 Å². The molecule has 21 heavy (non-hydrogen) atoms. The fourth-order valence-corrected chi connectivity index (χ4v) is 2.75. The van der Waals surface area contributed by atoms with E-state index >= 15 is 0 Å². The van der Waals surface area contributed by atoms with Crippen LogP contribution in [0.5, 0.6) is 0 Å². The first-order chi connectivity index (χ1) is 9.97. The number of aromatic carboxylic acids is 1. The van der Waals surface area contributed by atoms with Crippen LogP contribution in [0.1, 0.15) is 15.9 Å². The molecule has 2 aromatic rings. The molecule has 110 valence electrons. The van der Waals surface area contributed by atoms with Crippen molar-refractivity contribution in [3.63, 3.8) is 0 Å². The van der Waals surface area contributed by atoms with Gasteiger partial charge < -0.3 is 10.3 Å². The maximum absolute atomic E-state index is 11.2. The number of carboxylic acids is 1. The van der Waals surface area contributed by atoms with Gasteiger partial charge in [-0.25, -0.2) is 10.0 Å². The second kappa shape index (κ2) is 6.93. The van der Waals surface area contributed by atoms with Crippen LogP contribution in [0.3, 0.4) is 0 Å². The Morgan fingerprint density at radius 1 is 1.24 bits per heavy atom. The number of thioether (sulfide) groups is 1. The van der Waals surface area contributed by atoms with E-state index in [-0.39, 0.29) is 11.3 Å². The number of carbonyl (C=O) groups is 1. The van der Waals surface area contributed by atoms with Crippen LogP contribution < -0.4 is 5.23 Å². The summed E-state index contributed by atoms with van der Waals surface area (Å²) in [6.07, 6.45) is 0. The molecule has 2 aromatic carbocycles. The minimum absolute atomic E-state index is 0.0105. The molecule has 7 heteroatoms. The van der Waals surface area contributed by atoms with Crippen LogP contribution in [-0.2, 0) is 5.75 Å². The zero-order chi connectivity index (χ0) is 15.4. The molecule has 0 aliphatic heterocycles. The molecular formula is C14H12ClNO4S. The first-order valence-electron chi connectivity index (χ1n) is 5.95. The molecule has 0 bridgehead atoms. The summed E-state index contributed by atoms with van der Waals surface area (Å²) in [5.41, 5.74) is 0.552. The highest BCUT2D eigenvalue weighted by molar-refractivity contribution is 7.98. The standard InChI is InChI=1S/C14H12ClNO4S/c15-11-3-5-12(6-4-11)21-8-10-2-1-9(14(17)18)7-13(10)16(19)20/h1-7,16,19H,8H2,(H,17,18). The Kier molecular flexibility index (Phi) is 5.22. The SMILES string of the molecule is O=C(O)c1ccc(CSc2ccc(Cl)cc2)c([NH+]([O-])O)c1. The number of carboxylic acid groups (broad SMARTS) is 1. The number of hydrogen-bond donors (Lipinski definition) is 3. The Hall–Kier alpha value is -1.57. The van der Waals surface area contributed by atoms with E-state index in [0.29, 0.717) is 16.3 Å². The monoisotopic (exact) mass is 325 g/mol. The van der Waals surface area contributed by atoms with Gasteiger partial charge in [-0.15, -0.1) is 11.8 Å². The number of nitrogens with one attached hydrogen (secondary N) is 1. The van der Waals surface area contributed by atoms with E-state index in [1.165, 1.54) is 30.0 Å². The minimum atomic E-state index is -1.14. The van der Waals surface area contributed by atoms with Gasteiger partial charge in [-0.1, -0.05) is 17.7 Å². The van der Waals surface area contributed by atoms with Crippen molar-refractivity contribution in [2.45, 2.75) is 10.6 Å². The zero-order valence-electron chi connectivity index (χ0n) is 10.7. The molecule has 0 aliphatic rings. The van der Waals surface area contributed by atoms with E-state index < -0.39 is 11.2 Å². The molecule has 1 unspecified atom stereocenters. The van der Waals surface area contributed by atoms with Gasteiger partial charge >= 0.3 is 5.97 Å². The van der Waals surface area contributed by atoms with Gasteiger partial charge in [-0.3, -0.25) is 0 Å². The van der Waals surface area contributed by atoms with Gasteiger partial charge in [-0.05, 0) is 30.3 Å². The summed E-state index contributed by atoms with van der Waals surface area (Å²) in [4.78, 5) is 11.8. The molecule has 5 nitrogen and oxygen atoms in total. The largest absolute Gasteiger partial charge is 0.595 e. The van der Waals surface area contributed by atoms with Crippen molar-refractivity contribution >= 4 is 35.0 Å². The highest BCUT2D eigenvalue weighted by Crippen LogP contribution is 2.27. The third-order valence-electron chi connectivity index (χ3n) is 2.80. The number of hydrogen-bond acceptors (Lipinski definition) is 4. The summed E-state index contributed by atoms with van der Waals surface area (Å²) in [5.74, 6) is -0.710. The quantitative estimate of drug-likeness (QED) is 0.581. The van der Waals surface area contributed by atoms with E-state index in [2.05, 4.69) is 0 Å². The summed E-state index contributed by atoms with van der Waals surface area (Å²) >= 11 is 7.26. The molecule has 0 fully saturated rings. The predicted molar refractivity (Wildman–Crippen MR) is 80.2 cm³/mol. The molecule has 3 N–H and O–H groups in total. The smallest absolute Gasteiger partial charge is 0.335 e. The van der Waals surface area contributed by atoms with E-state index in [1.54, 1.807) is 12.1 Å². The van der Waals surface area contributed by atoms with Crippen LogP contribution in [0, 0.1) is 5.21 Å². The fraction of sp³-hybridized carbons (Fsp3) is 0.0714. The fourth-order valence-electron chi connectivity index (χ4n) is 1.73. The van der Waals surface area contributed by atoms with Crippen molar-refractivity contribution in [1.29, 1.82) is 0 Å². The molecule has 0 saturated carbocycles. The zero-order valence-corrected chi connectivity index (χ0v) is 12.3. The van der Waals surface area contributed by atoms with Gasteiger partial charge in [0.15, 0.2) is 5.69 Å². The maximum atomic E-state index is 11.2. The molecule has 0 spiro atoms. The Morgan fingerprint density at radius 3 is 2.48 bits per heavy atom. The number of quaternary nitrogens is 1. The third kappa shape index (κ3) is 4.20. The third-order valence-corrected chi connectivity index (χ3v) is 4.11. The summed E-state index contributed by atoms with van der Waals surface area (Å²) in [5, 5.41) is 28.8. The summed E-state index contributed by atoms with van der Waals surface area (Å²) in [7, 11) is 0. The van der Waals surface area contributed by atoms with E-state index in [1.807, 2.05) is 12.1 Å². The lowest BCUT2D eigenvalue weighted by atomic mass is 10.1. The Balaban J connectivity index is 2.19. The highest BCUT2D eigenvalue weighted by atomic mass is 35.5. The van der Waals surface area contributed by atoms with Crippen molar-refractivity contribution < 1.29 is 20.3 Å². The number of halogens is 1. The van der Waals surface area contributed by atoms with Crippen molar-refractivity contribution in [3.8, 4) is 0 Å². The first-order valence-corrected chi connectivity index (χ1v) is 7.31. The van der Waals surface area contributed by atoms with Crippen molar-refractivity contribution in [2.75, 3.05) is 0 Å². The van der Waals surface area contributed by atoms with Gasteiger partial charge in [0.1, 0.15) is 0 Å². The van der Waals surface area contributed by atoms with Gasteiger partial charge in [-0.2, -0.15) is 5.23 Å².